The zero-order chi connectivity index (χ0) is 21.8. The molecule has 0 saturated carbocycles. The van der Waals surface area contributed by atoms with Gasteiger partial charge in [0, 0.05) is 17.4 Å². The van der Waals surface area contributed by atoms with Crippen molar-refractivity contribution in [2.45, 2.75) is 26.7 Å². The number of ether oxygens (including phenoxy) is 1. The molecule has 1 heterocycles. The number of aromatic nitrogens is 1. The summed E-state index contributed by atoms with van der Waals surface area (Å²) in [5, 5.41) is 10.0. The van der Waals surface area contributed by atoms with Crippen molar-refractivity contribution in [3.8, 4) is 11.4 Å². The lowest BCUT2D eigenvalue weighted by molar-refractivity contribution is 0.0524. The number of nitrogens with zero attached hydrogens (tertiary/aromatic N) is 1. The van der Waals surface area contributed by atoms with E-state index in [0.29, 0.717) is 11.6 Å². The first-order chi connectivity index (χ1) is 14.3. The topological polar surface area (TPSA) is 85.6 Å². The molecule has 1 aromatic heterocycles. The minimum absolute atomic E-state index is 0.0765. The van der Waals surface area contributed by atoms with Crippen molar-refractivity contribution in [2.75, 3.05) is 6.61 Å². The Hall–Kier alpha value is -3.67. The molecule has 3 aromatic rings. The molecule has 0 amide bonds. The molecule has 2 aromatic carbocycles. The number of rotatable bonds is 6. The van der Waals surface area contributed by atoms with Crippen molar-refractivity contribution in [3.63, 3.8) is 0 Å². The summed E-state index contributed by atoms with van der Waals surface area (Å²) in [5.41, 5.74) is 0.950. The smallest absolute Gasteiger partial charge is 0.343 e. The molecule has 6 nitrogen and oxygen atoms in total. The van der Waals surface area contributed by atoms with Crippen molar-refractivity contribution >= 4 is 11.8 Å². The Balaban J connectivity index is 2.19. The van der Waals surface area contributed by atoms with Gasteiger partial charge in [-0.3, -0.25) is 14.2 Å². The van der Waals surface area contributed by atoms with E-state index in [9.17, 15) is 19.5 Å². The number of ketones is 1. The van der Waals surface area contributed by atoms with E-state index in [1.807, 2.05) is 12.1 Å². The van der Waals surface area contributed by atoms with Gasteiger partial charge in [0.15, 0.2) is 5.78 Å². The van der Waals surface area contributed by atoms with Gasteiger partial charge in [-0.05, 0) is 48.7 Å². The van der Waals surface area contributed by atoms with Crippen molar-refractivity contribution < 1.29 is 19.4 Å². The van der Waals surface area contributed by atoms with Crippen molar-refractivity contribution in [2.24, 2.45) is 0 Å². The molecule has 0 atom stereocenters. The van der Waals surface area contributed by atoms with E-state index in [2.05, 4.69) is 13.8 Å². The first-order valence-corrected chi connectivity index (χ1v) is 9.70. The Bertz CT molecular complexity index is 1140. The average molecular weight is 405 g/mol. The summed E-state index contributed by atoms with van der Waals surface area (Å²) in [4.78, 5) is 38.4. The van der Waals surface area contributed by atoms with E-state index < -0.39 is 17.3 Å². The quantitative estimate of drug-likeness (QED) is 0.493. The minimum atomic E-state index is -0.804. The highest BCUT2D eigenvalue weighted by atomic mass is 16.5. The summed E-state index contributed by atoms with van der Waals surface area (Å²) in [6.07, 6.45) is 1.38. The van der Waals surface area contributed by atoms with Crippen LogP contribution in [0.15, 0.2) is 65.6 Å². The Kier molecular flexibility index (Phi) is 6.16. The van der Waals surface area contributed by atoms with Crippen LogP contribution in [0.4, 0.5) is 0 Å². The predicted molar refractivity (Wildman–Crippen MR) is 114 cm³/mol. The largest absolute Gasteiger partial charge is 0.507 e. The van der Waals surface area contributed by atoms with Gasteiger partial charge in [0.25, 0.3) is 5.56 Å². The summed E-state index contributed by atoms with van der Waals surface area (Å²) >= 11 is 0. The van der Waals surface area contributed by atoms with Crippen molar-refractivity contribution in [3.05, 3.63) is 93.4 Å². The van der Waals surface area contributed by atoms with Gasteiger partial charge in [0.1, 0.15) is 11.3 Å². The van der Waals surface area contributed by atoms with Crippen LogP contribution in [0.1, 0.15) is 58.5 Å². The molecular weight excluding hydrogens is 382 g/mol. The van der Waals surface area contributed by atoms with Crippen LogP contribution >= 0.6 is 0 Å². The van der Waals surface area contributed by atoms with Crippen LogP contribution in [-0.2, 0) is 4.74 Å². The number of benzene rings is 2. The molecule has 0 saturated heterocycles. The third-order valence-corrected chi connectivity index (χ3v) is 4.76. The summed E-state index contributed by atoms with van der Waals surface area (Å²) in [6, 6.07) is 14.7. The lowest BCUT2D eigenvalue weighted by atomic mass is 10.0. The molecule has 3 rings (SSSR count). The summed E-state index contributed by atoms with van der Waals surface area (Å²) in [6.45, 7) is 5.86. The normalized spacial score (nSPS) is 10.8. The van der Waals surface area contributed by atoms with E-state index in [1.54, 1.807) is 31.2 Å². The highest BCUT2D eigenvalue weighted by Crippen LogP contribution is 2.21. The van der Waals surface area contributed by atoms with Crippen LogP contribution in [0.25, 0.3) is 5.69 Å². The lowest BCUT2D eigenvalue weighted by Crippen LogP contribution is -2.27. The third-order valence-electron chi connectivity index (χ3n) is 4.76. The molecule has 154 valence electrons. The predicted octanol–water partition coefficient (Wildman–Crippen LogP) is 4.07. The highest BCUT2D eigenvalue weighted by molar-refractivity contribution is 6.11. The maximum atomic E-state index is 13.0. The van der Waals surface area contributed by atoms with Gasteiger partial charge >= 0.3 is 5.97 Å². The fraction of sp³-hybridized carbons (Fsp3) is 0.208. The number of carbonyl (C=O) groups excluding carboxylic acids is 2. The second kappa shape index (κ2) is 8.78. The third kappa shape index (κ3) is 4.17. The molecule has 0 aliphatic carbocycles. The molecule has 0 spiro atoms. The number of phenolic OH excluding ortho intramolecular Hbond substituents is 1. The van der Waals surface area contributed by atoms with Crippen LogP contribution in [0.3, 0.4) is 0 Å². The van der Waals surface area contributed by atoms with Gasteiger partial charge in [-0.2, -0.15) is 0 Å². The number of aromatic hydroxyl groups is 1. The van der Waals surface area contributed by atoms with Gasteiger partial charge in [0.05, 0.1) is 12.2 Å². The number of esters is 1. The van der Waals surface area contributed by atoms with Gasteiger partial charge in [0.2, 0.25) is 0 Å². The molecule has 0 bridgehead atoms. The van der Waals surface area contributed by atoms with E-state index in [1.165, 1.54) is 29.0 Å². The Labute approximate surface area is 174 Å². The van der Waals surface area contributed by atoms with Crippen LogP contribution in [0, 0.1) is 0 Å². The number of pyridine rings is 1. The Morgan fingerprint density at radius 3 is 2.30 bits per heavy atom. The van der Waals surface area contributed by atoms with Gasteiger partial charge in [-0.1, -0.05) is 38.1 Å². The number of para-hydroxylation sites is 1. The number of phenols is 1. The van der Waals surface area contributed by atoms with Crippen LogP contribution in [0.5, 0.6) is 5.75 Å². The van der Waals surface area contributed by atoms with E-state index in [-0.39, 0.29) is 29.0 Å². The average Bonchev–Trinajstić information content (AvgIpc) is 2.74. The summed E-state index contributed by atoms with van der Waals surface area (Å²) in [5.74, 6) is -1.17. The van der Waals surface area contributed by atoms with Crippen LogP contribution in [-0.4, -0.2) is 28.0 Å². The SMILES string of the molecule is CCOC(=O)c1cc(C(=O)c2ccccc2O)cn(-c2ccc(C(C)C)cc2)c1=O. The lowest BCUT2D eigenvalue weighted by Gasteiger charge is -2.13. The van der Waals surface area contributed by atoms with E-state index in [0.717, 1.165) is 5.56 Å². The molecule has 30 heavy (non-hydrogen) atoms. The molecule has 0 aliphatic heterocycles. The van der Waals surface area contributed by atoms with Crippen LogP contribution in [0.2, 0.25) is 0 Å². The molecular formula is C24H23NO5. The molecule has 0 aliphatic rings. The van der Waals surface area contributed by atoms with Gasteiger partial charge in [-0.25, -0.2) is 4.79 Å². The molecule has 0 radical (unpaired) electrons. The van der Waals surface area contributed by atoms with E-state index in [4.69, 9.17) is 4.74 Å². The second-order valence-electron chi connectivity index (χ2n) is 7.13. The number of carbonyl (C=O) groups is 2. The summed E-state index contributed by atoms with van der Waals surface area (Å²) in [7, 11) is 0. The monoisotopic (exact) mass is 405 g/mol. The van der Waals surface area contributed by atoms with Crippen LogP contribution < -0.4 is 5.56 Å². The fourth-order valence-corrected chi connectivity index (χ4v) is 3.09. The highest BCUT2D eigenvalue weighted by Gasteiger charge is 2.21. The zero-order valence-electron chi connectivity index (χ0n) is 17.1. The van der Waals surface area contributed by atoms with Gasteiger partial charge < -0.3 is 9.84 Å². The first-order valence-electron chi connectivity index (χ1n) is 9.70. The van der Waals surface area contributed by atoms with Crippen molar-refractivity contribution in [1.29, 1.82) is 0 Å². The number of hydrogen-bond donors (Lipinski definition) is 1. The standard InChI is InChI=1S/C24H23NO5/c1-4-30-24(29)20-13-17(22(27)19-7-5-6-8-21(19)26)14-25(23(20)28)18-11-9-16(10-12-18)15(2)3/h5-15,26H,4H2,1-3H3. The molecule has 6 heteroatoms. The maximum Gasteiger partial charge on any atom is 0.343 e. The van der Waals surface area contributed by atoms with E-state index >= 15 is 0 Å². The molecule has 1 N–H and O–H groups in total. The molecule has 0 fully saturated rings. The van der Waals surface area contributed by atoms with Gasteiger partial charge in [-0.15, -0.1) is 0 Å². The van der Waals surface area contributed by atoms with Crippen molar-refractivity contribution in [1.82, 2.24) is 4.57 Å². The number of hydrogen-bond acceptors (Lipinski definition) is 5. The zero-order valence-corrected chi connectivity index (χ0v) is 17.1. The summed E-state index contributed by atoms with van der Waals surface area (Å²) < 4.78 is 6.25. The fourth-order valence-electron chi connectivity index (χ4n) is 3.09. The maximum absolute atomic E-state index is 13.0. The Morgan fingerprint density at radius 1 is 1.03 bits per heavy atom. The Morgan fingerprint density at radius 2 is 1.70 bits per heavy atom. The molecule has 0 unspecified atom stereocenters. The second-order valence-corrected chi connectivity index (χ2v) is 7.13. The first kappa shape index (κ1) is 21.0. The minimum Gasteiger partial charge on any atom is -0.507 e.